The minimum absolute atomic E-state index is 0.0459. The van der Waals surface area contributed by atoms with Gasteiger partial charge in [0.1, 0.15) is 11.5 Å². The van der Waals surface area contributed by atoms with E-state index >= 15 is 0 Å². The van der Waals surface area contributed by atoms with Crippen LogP contribution in [0.3, 0.4) is 0 Å². The fourth-order valence-electron chi connectivity index (χ4n) is 3.47. The SMILES string of the molecule is O=C(Nc1ccc(C(=O)/C=C/c2ccc(F)cc2)cc1)/C(=C/c1ccc(Cl)cc1Cl)NC(=O)c1ccccc1. The van der Waals surface area contributed by atoms with E-state index in [9.17, 15) is 18.8 Å². The van der Waals surface area contributed by atoms with E-state index in [1.807, 2.05) is 0 Å². The van der Waals surface area contributed by atoms with Crippen LogP contribution >= 0.6 is 23.2 Å². The Bertz CT molecular complexity index is 1570. The van der Waals surface area contributed by atoms with Crippen LogP contribution in [0.1, 0.15) is 31.8 Å². The number of carbonyl (C=O) groups is 3. The first-order valence-corrected chi connectivity index (χ1v) is 12.5. The molecule has 0 fully saturated rings. The number of ketones is 1. The van der Waals surface area contributed by atoms with E-state index in [4.69, 9.17) is 23.2 Å². The summed E-state index contributed by atoms with van der Waals surface area (Å²) >= 11 is 12.3. The number of allylic oxidation sites excluding steroid dienone is 1. The lowest BCUT2D eigenvalue weighted by Gasteiger charge is -2.12. The van der Waals surface area contributed by atoms with Crippen LogP contribution in [0.2, 0.25) is 10.0 Å². The molecule has 0 aliphatic carbocycles. The van der Waals surface area contributed by atoms with Crippen molar-refractivity contribution in [2.45, 2.75) is 0 Å². The van der Waals surface area contributed by atoms with Crippen LogP contribution in [0.4, 0.5) is 10.1 Å². The summed E-state index contributed by atoms with van der Waals surface area (Å²) in [7, 11) is 0. The summed E-state index contributed by atoms with van der Waals surface area (Å²) in [5.74, 6) is -1.69. The van der Waals surface area contributed by atoms with Crippen molar-refractivity contribution in [1.29, 1.82) is 0 Å². The Labute approximate surface area is 234 Å². The van der Waals surface area contributed by atoms with Gasteiger partial charge in [-0.3, -0.25) is 14.4 Å². The van der Waals surface area contributed by atoms with Gasteiger partial charge in [0.25, 0.3) is 11.8 Å². The van der Waals surface area contributed by atoms with Gasteiger partial charge in [-0.2, -0.15) is 0 Å². The molecule has 0 aliphatic heterocycles. The van der Waals surface area contributed by atoms with Crippen LogP contribution in [-0.2, 0) is 4.79 Å². The minimum atomic E-state index is -0.597. The second kappa shape index (κ2) is 12.8. The molecule has 2 amide bonds. The Morgan fingerprint density at radius 1 is 0.769 bits per heavy atom. The number of halogens is 3. The van der Waals surface area contributed by atoms with Crippen LogP contribution < -0.4 is 10.6 Å². The standard InChI is InChI=1S/C31H21Cl2FN2O3/c32-24-12-9-23(27(33)19-24)18-28(36-30(38)22-4-2-1-3-5-22)31(39)35-26-15-10-21(11-16-26)29(37)17-8-20-6-13-25(34)14-7-20/h1-19H,(H,35,39)(H,36,38)/b17-8+,28-18-. The third kappa shape index (κ3) is 7.74. The Kier molecular flexibility index (Phi) is 9.05. The van der Waals surface area contributed by atoms with Gasteiger partial charge in [0.05, 0.1) is 0 Å². The summed E-state index contributed by atoms with van der Waals surface area (Å²) in [6.07, 6.45) is 4.43. The zero-order valence-corrected chi connectivity index (χ0v) is 21.8. The van der Waals surface area contributed by atoms with Crippen LogP contribution in [0.5, 0.6) is 0 Å². The smallest absolute Gasteiger partial charge is 0.272 e. The van der Waals surface area contributed by atoms with Gasteiger partial charge in [0.15, 0.2) is 5.78 Å². The van der Waals surface area contributed by atoms with Gasteiger partial charge in [-0.1, -0.05) is 65.7 Å². The number of anilines is 1. The van der Waals surface area contributed by atoms with Crippen molar-refractivity contribution < 1.29 is 18.8 Å². The van der Waals surface area contributed by atoms with Gasteiger partial charge >= 0.3 is 0 Å². The van der Waals surface area contributed by atoms with Crippen molar-refractivity contribution in [2.24, 2.45) is 0 Å². The molecule has 194 valence electrons. The predicted octanol–water partition coefficient (Wildman–Crippen LogP) is 7.44. The Morgan fingerprint density at radius 2 is 1.46 bits per heavy atom. The number of rotatable bonds is 8. The second-order valence-electron chi connectivity index (χ2n) is 8.32. The summed E-state index contributed by atoms with van der Waals surface area (Å²) in [6, 6.07) is 25.3. The van der Waals surface area contributed by atoms with Crippen LogP contribution in [0, 0.1) is 5.82 Å². The van der Waals surface area contributed by atoms with E-state index in [2.05, 4.69) is 10.6 Å². The second-order valence-corrected chi connectivity index (χ2v) is 9.17. The molecule has 0 radical (unpaired) electrons. The number of carbonyl (C=O) groups excluding carboxylic acids is 3. The van der Waals surface area contributed by atoms with Crippen molar-refractivity contribution in [3.63, 3.8) is 0 Å². The summed E-state index contributed by atoms with van der Waals surface area (Å²) in [5.41, 5.74) is 2.29. The number of nitrogens with one attached hydrogen (secondary N) is 2. The molecule has 0 aromatic heterocycles. The summed E-state index contributed by atoms with van der Waals surface area (Å²) in [4.78, 5) is 38.5. The molecule has 4 rings (SSSR count). The first-order chi connectivity index (χ1) is 18.8. The fraction of sp³-hybridized carbons (Fsp3) is 0. The quantitative estimate of drug-likeness (QED) is 0.174. The minimum Gasteiger partial charge on any atom is -0.321 e. The monoisotopic (exact) mass is 558 g/mol. The first-order valence-electron chi connectivity index (χ1n) is 11.7. The van der Waals surface area contributed by atoms with Gasteiger partial charge in [0.2, 0.25) is 0 Å². The van der Waals surface area contributed by atoms with E-state index in [0.29, 0.717) is 38.0 Å². The average molecular weight is 559 g/mol. The maximum absolute atomic E-state index is 13.2. The highest BCUT2D eigenvalue weighted by atomic mass is 35.5. The highest BCUT2D eigenvalue weighted by Gasteiger charge is 2.16. The summed E-state index contributed by atoms with van der Waals surface area (Å²) in [5, 5.41) is 6.10. The first kappa shape index (κ1) is 27.5. The van der Waals surface area contributed by atoms with E-state index < -0.39 is 11.8 Å². The molecule has 0 heterocycles. The fourth-order valence-corrected chi connectivity index (χ4v) is 3.94. The Balaban J connectivity index is 1.51. The van der Waals surface area contributed by atoms with Gasteiger partial charge in [-0.25, -0.2) is 4.39 Å². The van der Waals surface area contributed by atoms with Crippen LogP contribution in [-0.4, -0.2) is 17.6 Å². The lowest BCUT2D eigenvalue weighted by molar-refractivity contribution is -0.113. The third-order valence-electron chi connectivity index (χ3n) is 5.52. The van der Waals surface area contributed by atoms with Crippen molar-refractivity contribution in [2.75, 3.05) is 5.32 Å². The highest BCUT2D eigenvalue weighted by Crippen LogP contribution is 2.23. The zero-order valence-electron chi connectivity index (χ0n) is 20.3. The van der Waals surface area contributed by atoms with Crippen molar-refractivity contribution in [3.8, 4) is 0 Å². The molecule has 0 saturated carbocycles. The van der Waals surface area contributed by atoms with E-state index in [-0.39, 0.29) is 17.3 Å². The van der Waals surface area contributed by atoms with Crippen LogP contribution in [0.25, 0.3) is 12.2 Å². The zero-order chi connectivity index (χ0) is 27.8. The molecule has 4 aromatic carbocycles. The summed E-state index contributed by atoms with van der Waals surface area (Å²) in [6.45, 7) is 0. The van der Waals surface area contributed by atoms with E-state index in [0.717, 1.165) is 0 Å². The highest BCUT2D eigenvalue weighted by molar-refractivity contribution is 6.35. The molecular weight excluding hydrogens is 538 g/mol. The molecule has 39 heavy (non-hydrogen) atoms. The molecule has 4 aromatic rings. The Hall–Kier alpha value is -4.52. The molecule has 0 bridgehead atoms. The van der Waals surface area contributed by atoms with Crippen LogP contribution in [0.15, 0.2) is 109 Å². The molecule has 2 N–H and O–H groups in total. The summed E-state index contributed by atoms with van der Waals surface area (Å²) < 4.78 is 13.1. The predicted molar refractivity (Wildman–Crippen MR) is 153 cm³/mol. The largest absolute Gasteiger partial charge is 0.321 e. The number of hydrogen-bond acceptors (Lipinski definition) is 3. The lowest BCUT2D eigenvalue weighted by Crippen LogP contribution is -2.30. The molecule has 8 heteroatoms. The topological polar surface area (TPSA) is 75.3 Å². The number of hydrogen-bond donors (Lipinski definition) is 2. The number of amides is 2. The van der Waals surface area contributed by atoms with Crippen molar-refractivity contribution in [3.05, 3.63) is 147 Å². The molecule has 0 atom stereocenters. The van der Waals surface area contributed by atoms with Gasteiger partial charge in [-0.05, 0) is 83.9 Å². The Morgan fingerprint density at radius 3 is 2.13 bits per heavy atom. The van der Waals surface area contributed by atoms with Crippen molar-refractivity contribution in [1.82, 2.24) is 5.32 Å². The van der Waals surface area contributed by atoms with Gasteiger partial charge in [-0.15, -0.1) is 0 Å². The van der Waals surface area contributed by atoms with Gasteiger partial charge < -0.3 is 10.6 Å². The average Bonchev–Trinajstić information content (AvgIpc) is 2.94. The molecule has 5 nitrogen and oxygen atoms in total. The molecule has 0 unspecified atom stereocenters. The third-order valence-corrected chi connectivity index (χ3v) is 6.08. The molecule has 0 aliphatic rings. The maximum atomic E-state index is 13.2. The molecule has 0 spiro atoms. The molecule has 0 saturated heterocycles. The number of benzene rings is 4. The lowest BCUT2D eigenvalue weighted by atomic mass is 10.1. The maximum Gasteiger partial charge on any atom is 0.272 e. The molecular formula is C31H21Cl2FN2O3. The van der Waals surface area contributed by atoms with E-state index in [1.165, 1.54) is 30.4 Å². The van der Waals surface area contributed by atoms with E-state index in [1.54, 1.807) is 84.9 Å². The van der Waals surface area contributed by atoms with Gasteiger partial charge in [0, 0.05) is 26.9 Å². The van der Waals surface area contributed by atoms with Crippen molar-refractivity contribution >= 4 is 58.6 Å². The normalized spacial score (nSPS) is 11.3.